The zero-order valence-corrected chi connectivity index (χ0v) is 10.5. The van der Waals surface area contributed by atoms with Gasteiger partial charge in [0.25, 0.3) is 0 Å². The topological polar surface area (TPSA) is 39.2 Å². The molecule has 0 spiro atoms. The summed E-state index contributed by atoms with van der Waals surface area (Å²) >= 11 is 0. The van der Waals surface area contributed by atoms with Crippen LogP contribution in [0.2, 0.25) is 0 Å². The van der Waals surface area contributed by atoms with Crippen LogP contribution >= 0.6 is 0 Å². The van der Waals surface area contributed by atoms with Crippen molar-refractivity contribution in [2.24, 2.45) is 0 Å². The Morgan fingerprint density at radius 3 is 2.61 bits per heavy atom. The summed E-state index contributed by atoms with van der Waals surface area (Å²) in [6.45, 7) is 3.58. The maximum atomic E-state index is 11.1. The van der Waals surface area contributed by atoms with Crippen molar-refractivity contribution in [2.45, 2.75) is 20.3 Å². The number of carbonyl (C=O) groups is 1. The number of rotatable bonds is 4. The van der Waals surface area contributed by atoms with E-state index in [0.717, 1.165) is 17.7 Å². The van der Waals surface area contributed by atoms with Crippen LogP contribution in [0.15, 0.2) is 42.6 Å². The van der Waals surface area contributed by atoms with E-state index in [-0.39, 0.29) is 5.78 Å². The second-order valence-electron chi connectivity index (χ2n) is 4.00. The quantitative estimate of drug-likeness (QED) is 0.767. The highest BCUT2D eigenvalue weighted by molar-refractivity contribution is 5.92. The highest BCUT2D eigenvalue weighted by Gasteiger charge is 2.04. The van der Waals surface area contributed by atoms with Gasteiger partial charge < -0.3 is 4.74 Å². The number of ketones is 1. The van der Waals surface area contributed by atoms with Crippen molar-refractivity contribution in [1.29, 1.82) is 0 Å². The van der Waals surface area contributed by atoms with Gasteiger partial charge in [0.05, 0.1) is 6.20 Å². The molecule has 0 aliphatic heterocycles. The first-order chi connectivity index (χ1) is 8.70. The third-order valence-electron chi connectivity index (χ3n) is 2.68. The fourth-order valence-electron chi connectivity index (χ4n) is 1.67. The van der Waals surface area contributed by atoms with Gasteiger partial charge in [0.15, 0.2) is 5.78 Å². The number of aryl methyl sites for hydroxylation is 1. The third kappa shape index (κ3) is 2.74. The van der Waals surface area contributed by atoms with Gasteiger partial charge in [-0.2, -0.15) is 0 Å². The first-order valence-electron chi connectivity index (χ1n) is 5.93. The Balaban J connectivity index is 2.21. The molecule has 2 rings (SSSR count). The Hall–Kier alpha value is -2.16. The molecule has 0 N–H and O–H groups in total. The van der Waals surface area contributed by atoms with Crippen LogP contribution in [0.25, 0.3) is 0 Å². The summed E-state index contributed by atoms with van der Waals surface area (Å²) in [7, 11) is 0. The van der Waals surface area contributed by atoms with Crippen LogP contribution < -0.4 is 4.74 Å². The van der Waals surface area contributed by atoms with E-state index < -0.39 is 0 Å². The summed E-state index contributed by atoms with van der Waals surface area (Å²) in [6, 6.07) is 11.3. The Labute approximate surface area is 106 Å². The molecule has 0 unspecified atom stereocenters. The number of hydrogen-bond donors (Lipinski definition) is 0. The van der Waals surface area contributed by atoms with E-state index in [2.05, 4.69) is 11.9 Å². The van der Waals surface area contributed by atoms with Crippen LogP contribution in [-0.2, 0) is 6.42 Å². The normalized spacial score (nSPS) is 10.1. The van der Waals surface area contributed by atoms with Crippen molar-refractivity contribution < 1.29 is 9.53 Å². The Bertz CT molecular complexity index is 547. The molecule has 0 amide bonds. The van der Waals surface area contributed by atoms with Crippen LogP contribution in [0, 0.1) is 0 Å². The molecule has 0 atom stereocenters. The van der Waals surface area contributed by atoms with E-state index in [1.54, 1.807) is 18.3 Å². The molecule has 0 fully saturated rings. The molecular formula is C15H15NO2. The van der Waals surface area contributed by atoms with Crippen LogP contribution in [-0.4, -0.2) is 10.8 Å². The third-order valence-corrected chi connectivity index (χ3v) is 2.68. The van der Waals surface area contributed by atoms with E-state index >= 15 is 0 Å². The fourth-order valence-corrected chi connectivity index (χ4v) is 1.67. The summed E-state index contributed by atoms with van der Waals surface area (Å²) in [6.07, 6.45) is 2.48. The SMILES string of the molecule is CCc1ccccc1Oc1ccc(C(C)=O)nc1. The average Bonchev–Trinajstić information content (AvgIpc) is 2.40. The van der Waals surface area contributed by atoms with Crippen LogP contribution in [0.4, 0.5) is 0 Å². The Kier molecular flexibility index (Phi) is 3.72. The van der Waals surface area contributed by atoms with E-state index in [9.17, 15) is 4.79 Å². The summed E-state index contributed by atoms with van der Waals surface area (Å²) in [5.41, 5.74) is 1.60. The first-order valence-corrected chi connectivity index (χ1v) is 5.93. The number of hydrogen-bond acceptors (Lipinski definition) is 3. The van der Waals surface area contributed by atoms with Gasteiger partial charge in [-0.3, -0.25) is 4.79 Å². The van der Waals surface area contributed by atoms with Crippen molar-refractivity contribution in [2.75, 3.05) is 0 Å². The summed E-state index contributed by atoms with van der Waals surface area (Å²) in [4.78, 5) is 15.2. The monoisotopic (exact) mass is 241 g/mol. The maximum Gasteiger partial charge on any atom is 0.178 e. The lowest BCUT2D eigenvalue weighted by molar-refractivity contribution is 0.101. The molecule has 0 saturated carbocycles. The van der Waals surface area contributed by atoms with Crippen molar-refractivity contribution >= 4 is 5.78 Å². The molecule has 3 nitrogen and oxygen atoms in total. The molecule has 0 aliphatic rings. The molecule has 1 heterocycles. The molecule has 3 heteroatoms. The number of Topliss-reactive ketones (excluding diaryl/α,β-unsaturated/α-hetero) is 1. The summed E-state index contributed by atoms with van der Waals surface area (Å²) in [5.74, 6) is 1.42. The number of benzene rings is 1. The minimum atomic E-state index is -0.0458. The van der Waals surface area contributed by atoms with E-state index in [4.69, 9.17) is 4.74 Å². The minimum absolute atomic E-state index is 0.0458. The number of nitrogens with zero attached hydrogens (tertiary/aromatic N) is 1. The van der Waals surface area contributed by atoms with Crippen molar-refractivity contribution in [3.63, 3.8) is 0 Å². The molecule has 1 aromatic heterocycles. The molecule has 92 valence electrons. The maximum absolute atomic E-state index is 11.1. The van der Waals surface area contributed by atoms with Crippen molar-refractivity contribution in [3.8, 4) is 11.5 Å². The fraction of sp³-hybridized carbons (Fsp3) is 0.200. The van der Waals surface area contributed by atoms with Crippen LogP contribution in [0.5, 0.6) is 11.5 Å². The molecule has 1 aromatic carbocycles. The minimum Gasteiger partial charge on any atom is -0.455 e. The highest BCUT2D eigenvalue weighted by Crippen LogP contribution is 2.25. The molecular weight excluding hydrogens is 226 g/mol. The smallest absolute Gasteiger partial charge is 0.178 e. The van der Waals surface area contributed by atoms with Crippen LogP contribution in [0.1, 0.15) is 29.9 Å². The van der Waals surface area contributed by atoms with Crippen molar-refractivity contribution in [3.05, 3.63) is 53.9 Å². The Morgan fingerprint density at radius 2 is 2.00 bits per heavy atom. The predicted molar refractivity (Wildman–Crippen MR) is 70.1 cm³/mol. The van der Waals surface area contributed by atoms with Gasteiger partial charge in [-0.15, -0.1) is 0 Å². The summed E-state index contributed by atoms with van der Waals surface area (Å²) < 4.78 is 5.76. The molecule has 0 saturated heterocycles. The molecule has 18 heavy (non-hydrogen) atoms. The van der Waals surface area contributed by atoms with Crippen molar-refractivity contribution in [1.82, 2.24) is 4.98 Å². The first kappa shape index (κ1) is 12.3. The zero-order valence-electron chi connectivity index (χ0n) is 10.5. The number of carbonyl (C=O) groups excluding carboxylic acids is 1. The molecule has 2 aromatic rings. The van der Waals surface area contributed by atoms with E-state index in [1.807, 2.05) is 24.3 Å². The molecule has 0 aliphatic carbocycles. The number of ether oxygens (including phenoxy) is 1. The van der Waals surface area contributed by atoms with E-state index in [1.165, 1.54) is 6.92 Å². The predicted octanol–water partition coefficient (Wildman–Crippen LogP) is 3.64. The number of pyridine rings is 1. The molecule has 0 radical (unpaired) electrons. The van der Waals surface area contributed by atoms with Crippen LogP contribution in [0.3, 0.4) is 0 Å². The lowest BCUT2D eigenvalue weighted by Gasteiger charge is -2.09. The largest absolute Gasteiger partial charge is 0.455 e. The standard InChI is InChI=1S/C15H15NO2/c1-3-12-6-4-5-7-15(12)18-13-8-9-14(11(2)17)16-10-13/h4-10H,3H2,1-2H3. The lowest BCUT2D eigenvalue weighted by Crippen LogP contribution is -1.96. The highest BCUT2D eigenvalue weighted by atomic mass is 16.5. The van der Waals surface area contributed by atoms with Gasteiger partial charge in [-0.1, -0.05) is 25.1 Å². The van der Waals surface area contributed by atoms with Gasteiger partial charge in [0.2, 0.25) is 0 Å². The number of aromatic nitrogens is 1. The van der Waals surface area contributed by atoms with Gasteiger partial charge in [0.1, 0.15) is 17.2 Å². The second-order valence-corrected chi connectivity index (χ2v) is 4.00. The average molecular weight is 241 g/mol. The summed E-state index contributed by atoms with van der Waals surface area (Å²) in [5, 5.41) is 0. The van der Waals surface area contributed by atoms with Gasteiger partial charge in [0, 0.05) is 6.92 Å². The Morgan fingerprint density at radius 1 is 1.22 bits per heavy atom. The van der Waals surface area contributed by atoms with E-state index in [0.29, 0.717) is 11.4 Å². The molecule has 0 bridgehead atoms. The van der Waals surface area contributed by atoms with Gasteiger partial charge in [-0.05, 0) is 30.2 Å². The zero-order chi connectivity index (χ0) is 13.0. The number of para-hydroxylation sites is 1. The van der Waals surface area contributed by atoms with Gasteiger partial charge in [-0.25, -0.2) is 4.98 Å². The van der Waals surface area contributed by atoms with Gasteiger partial charge >= 0.3 is 0 Å². The second kappa shape index (κ2) is 5.45. The lowest BCUT2D eigenvalue weighted by atomic mass is 10.1.